The van der Waals surface area contributed by atoms with Crippen LogP contribution in [0, 0.1) is 6.92 Å². The number of nitrogens with zero attached hydrogens (tertiary/aromatic N) is 1. The lowest BCUT2D eigenvalue weighted by Crippen LogP contribution is -2.36. The summed E-state index contributed by atoms with van der Waals surface area (Å²) in [6, 6.07) is 4.94. The van der Waals surface area contributed by atoms with Gasteiger partial charge in [0.2, 0.25) is 5.91 Å². The summed E-state index contributed by atoms with van der Waals surface area (Å²) in [5.41, 5.74) is 1.03. The van der Waals surface area contributed by atoms with Crippen molar-refractivity contribution in [3.8, 4) is 5.75 Å². The first-order valence-corrected chi connectivity index (χ1v) is 10.9. The molecule has 0 heterocycles. The van der Waals surface area contributed by atoms with Crippen molar-refractivity contribution in [2.24, 2.45) is 0 Å². The van der Waals surface area contributed by atoms with Crippen LogP contribution in [0.2, 0.25) is 0 Å². The quantitative estimate of drug-likeness (QED) is 0.348. The summed E-state index contributed by atoms with van der Waals surface area (Å²) in [7, 11) is 0. The van der Waals surface area contributed by atoms with E-state index in [1.807, 2.05) is 6.92 Å². The largest absolute Gasteiger partial charge is 0.491 e. The number of carboxylic acids is 1. The summed E-state index contributed by atoms with van der Waals surface area (Å²) >= 11 is 0. The van der Waals surface area contributed by atoms with Crippen LogP contribution < -0.4 is 9.64 Å². The van der Waals surface area contributed by atoms with Gasteiger partial charge in [0.05, 0.1) is 12.3 Å². The van der Waals surface area contributed by atoms with Crippen LogP contribution in [0.15, 0.2) is 18.2 Å². The van der Waals surface area contributed by atoms with E-state index in [-0.39, 0.29) is 30.9 Å². The molecule has 30 heavy (non-hydrogen) atoms. The molecule has 0 aliphatic carbocycles. The van der Waals surface area contributed by atoms with Crippen molar-refractivity contribution < 1.29 is 29.3 Å². The van der Waals surface area contributed by atoms with Gasteiger partial charge in [0.15, 0.2) is 0 Å². The predicted molar refractivity (Wildman–Crippen MR) is 116 cm³/mol. The topological polar surface area (TPSA) is 104 Å². The predicted octanol–water partition coefficient (Wildman–Crippen LogP) is 5.78. The lowest BCUT2D eigenvalue weighted by Gasteiger charge is -2.21. The molecule has 0 aromatic heterocycles. The number of anilines is 1. The zero-order chi connectivity index (χ0) is 22.4. The summed E-state index contributed by atoms with van der Waals surface area (Å²) in [6.07, 6.45) is 7.72. The van der Waals surface area contributed by atoms with E-state index in [4.69, 9.17) is 9.84 Å². The monoisotopic (exact) mass is 421 g/mol. The number of unbranched alkanes of at least 4 members (excludes halogenated alkanes) is 7. The average Bonchev–Trinajstić information content (AvgIpc) is 2.68. The number of hydrogen-bond acceptors (Lipinski definition) is 4. The third kappa shape index (κ3) is 9.76. The molecule has 0 saturated carbocycles. The second-order valence-corrected chi connectivity index (χ2v) is 7.55. The van der Waals surface area contributed by atoms with Gasteiger partial charge in [0.1, 0.15) is 5.75 Å². The van der Waals surface area contributed by atoms with Gasteiger partial charge in [-0.1, -0.05) is 57.9 Å². The van der Waals surface area contributed by atoms with Crippen LogP contribution in [0.3, 0.4) is 0 Å². The van der Waals surface area contributed by atoms with Crippen LogP contribution in [0.25, 0.3) is 0 Å². The minimum atomic E-state index is -1.35. The average molecular weight is 422 g/mol. The van der Waals surface area contributed by atoms with E-state index in [9.17, 15) is 19.5 Å². The third-order valence-corrected chi connectivity index (χ3v) is 4.83. The maximum absolute atomic E-state index is 12.6. The molecule has 7 nitrogen and oxygen atoms in total. The molecule has 0 unspecified atom stereocenters. The Morgan fingerprint density at radius 2 is 1.53 bits per heavy atom. The Bertz CT molecular complexity index is 688. The van der Waals surface area contributed by atoms with Crippen LogP contribution in [0.1, 0.15) is 83.1 Å². The zero-order valence-electron chi connectivity index (χ0n) is 18.2. The Hall–Kier alpha value is -2.57. The number of carbonyl (C=O) groups excluding carboxylic acids is 1. The maximum atomic E-state index is 12.6. The minimum absolute atomic E-state index is 0.0405. The highest BCUT2D eigenvalue weighted by Crippen LogP contribution is 2.31. The van der Waals surface area contributed by atoms with Crippen molar-refractivity contribution in [2.75, 3.05) is 11.5 Å². The van der Waals surface area contributed by atoms with Crippen LogP contribution >= 0.6 is 0 Å². The number of aryl methyl sites for hydroxylation is 1. The Morgan fingerprint density at radius 3 is 2.13 bits per heavy atom. The summed E-state index contributed by atoms with van der Waals surface area (Å²) in [5, 5.41) is 18.4. The summed E-state index contributed by atoms with van der Waals surface area (Å²) in [4.78, 5) is 35.8. The first-order valence-electron chi connectivity index (χ1n) is 10.9. The molecule has 0 aliphatic heterocycles. The van der Waals surface area contributed by atoms with Crippen LogP contribution in [-0.2, 0) is 9.59 Å². The van der Waals surface area contributed by atoms with Crippen LogP contribution in [0.4, 0.5) is 10.5 Å². The Kier molecular flexibility index (Phi) is 12.2. The van der Waals surface area contributed by atoms with Crippen molar-refractivity contribution in [3.63, 3.8) is 0 Å². The normalized spacial score (nSPS) is 10.6. The Morgan fingerprint density at radius 1 is 0.900 bits per heavy atom. The highest BCUT2D eigenvalue weighted by Gasteiger charge is 2.25. The fourth-order valence-corrected chi connectivity index (χ4v) is 3.19. The van der Waals surface area contributed by atoms with E-state index in [1.54, 1.807) is 18.2 Å². The minimum Gasteiger partial charge on any atom is -0.491 e. The van der Waals surface area contributed by atoms with Crippen molar-refractivity contribution in [2.45, 2.75) is 84.5 Å². The second kappa shape index (κ2) is 14.4. The number of carbonyl (C=O) groups is 3. The molecule has 7 heteroatoms. The fourth-order valence-electron chi connectivity index (χ4n) is 3.19. The van der Waals surface area contributed by atoms with Gasteiger partial charge in [-0.2, -0.15) is 0 Å². The molecule has 2 amide bonds. The number of amides is 2. The molecule has 1 aromatic rings. The van der Waals surface area contributed by atoms with Crippen LogP contribution in [0.5, 0.6) is 5.75 Å². The van der Waals surface area contributed by atoms with Gasteiger partial charge in [0, 0.05) is 12.8 Å². The Labute approximate surface area is 179 Å². The number of hydrogen-bond donors (Lipinski definition) is 2. The lowest BCUT2D eigenvalue weighted by atomic mass is 10.1. The van der Waals surface area contributed by atoms with Gasteiger partial charge in [-0.3, -0.25) is 9.59 Å². The van der Waals surface area contributed by atoms with E-state index in [2.05, 4.69) is 6.92 Å². The maximum Gasteiger partial charge on any atom is 0.418 e. The summed E-state index contributed by atoms with van der Waals surface area (Å²) in [6.45, 7) is 4.14. The molecule has 0 saturated heterocycles. The summed E-state index contributed by atoms with van der Waals surface area (Å²) < 4.78 is 5.62. The SMILES string of the molecule is CCCCCCCCCCC(=O)N(C(=O)O)c1ccc(C)cc1OCCCC(=O)O. The molecule has 1 aromatic carbocycles. The van der Waals surface area contributed by atoms with E-state index in [0.717, 1.165) is 29.7 Å². The van der Waals surface area contributed by atoms with E-state index < -0.39 is 18.0 Å². The Balaban J connectivity index is 2.66. The molecule has 168 valence electrons. The van der Waals surface area contributed by atoms with Crippen molar-refractivity contribution >= 4 is 23.7 Å². The van der Waals surface area contributed by atoms with Gasteiger partial charge >= 0.3 is 12.1 Å². The van der Waals surface area contributed by atoms with E-state index >= 15 is 0 Å². The molecule has 1 rings (SSSR count). The number of aliphatic carboxylic acids is 1. The molecule has 0 atom stereocenters. The van der Waals surface area contributed by atoms with Gasteiger partial charge in [-0.25, -0.2) is 9.69 Å². The van der Waals surface area contributed by atoms with E-state index in [0.29, 0.717) is 12.8 Å². The number of imide groups is 1. The van der Waals surface area contributed by atoms with Gasteiger partial charge in [-0.15, -0.1) is 0 Å². The molecular weight excluding hydrogens is 386 g/mol. The zero-order valence-corrected chi connectivity index (χ0v) is 18.2. The summed E-state index contributed by atoms with van der Waals surface area (Å²) in [5.74, 6) is -1.13. The van der Waals surface area contributed by atoms with E-state index in [1.165, 1.54) is 25.7 Å². The van der Waals surface area contributed by atoms with Gasteiger partial charge in [-0.05, 0) is 37.5 Å². The van der Waals surface area contributed by atoms with Crippen molar-refractivity contribution in [3.05, 3.63) is 23.8 Å². The van der Waals surface area contributed by atoms with Crippen molar-refractivity contribution in [1.82, 2.24) is 0 Å². The van der Waals surface area contributed by atoms with Gasteiger partial charge < -0.3 is 14.9 Å². The number of benzene rings is 1. The highest BCUT2D eigenvalue weighted by atomic mass is 16.5. The molecule has 0 bridgehead atoms. The number of carboxylic acid groups (broad SMARTS) is 2. The first kappa shape index (κ1) is 25.5. The molecule has 0 fully saturated rings. The lowest BCUT2D eigenvalue weighted by molar-refractivity contribution is -0.137. The second-order valence-electron chi connectivity index (χ2n) is 7.55. The number of rotatable bonds is 15. The van der Waals surface area contributed by atoms with Gasteiger partial charge in [0.25, 0.3) is 0 Å². The number of ether oxygens (including phenoxy) is 1. The first-order chi connectivity index (χ1) is 14.4. The molecular formula is C23H35NO6. The fraction of sp³-hybridized carbons (Fsp3) is 0.609. The van der Waals surface area contributed by atoms with Crippen molar-refractivity contribution in [1.29, 1.82) is 0 Å². The third-order valence-electron chi connectivity index (χ3n) is 4.83. The molecule has 2 N–H and O–H groups in total. The molecule has 0 spiro atoms. The molecule has 0 aliphatic rings. The smallest absolute Gasteiger partial charge is 0.418 e. The standard InChI is InChI=1S/C23H35NO6/c1-3-4-5-6-7-8-9-10-12-21(25)24(23(28)29)19-15-14-18(2)17-20(19)30-16-11-13-22(26)27/h14-15,17H,3-13,16H2,1-2H3,(H,26,27)(H,28,29). The molecule has 0 radical (unpaired) electrons. The van der Waals surface area contributed by atoms with Crippen LogP contribution in [-0.4, -0.2) is 34.8 Å². The highest BCUT2D eigenvalue weighted by molar-refractivity contribution is 6.12.